The second kappa shape index (κ2) is 6.43. The van der Waals surface area contributed by atoms with Gasteiger partial charge in [-0.05, 0) is 43.2 Å². The van der Waals surface area contributed by atoms with Crippen molar-refractivity contribution >= 4 is 22.5 Å². The maximum atomic E-state index is 13.1. The first-order valence-corrected chi connectivity index (χ1v) is 10.2. The van der Waals surface area contributed by atoms with E-state index in [4.69, 9.17) is 4.98 Å². The lowest BCUT2D eigenvalue weighted by Crippen LogP contribution is -2.45. The van der Waals surface area contributed by atoms with Crippen LogP contribution in [0.15, 0.2) is 29.1 Å². The first-order chi connectivity index (χ1) is 13.5. The van der Waals surface area contributed by atoms with Gasteiger partial charge in [0, 0.05) is 24.4 Å². The fraction of sp³-hybridized carbons (Fsp3) is 0.524. The van der Waals surface area contributed by atoms with Crippen LogP contribution in [0.5, 0.6) is 0 Å². The number of carbonyl (C=O) groups is 1. The molecule has 0 spiro atoms. The number of hydrogen-bond acceptors (Lipinski definition) is 4. The molecule has 0 N–H and O–H groups in total. The quantitative estimate of drug-likeness (QED) is 0.701. The van der Waals surface area contributed by atoms with E-state index in [1.807, 2.05) is 29.2 Å². The van der Waals surface area contributed by atoms with Gasteiger partial charge in [0.15, 0.2) is 5.65 Å². The summed E-state index contributed by atoms with van der Waals surface area (Å²) in [5.41, 5.74) is 1.19. The van der Waals surface area contributed by atoms with Crippen molar-refractivity contribution < 1.29 is 4.79 Å². The Morgan fingerprint density at radius 2 is 1.86 bits per heavy atom. The topological polar surface area (TPSA) is 72.5 Å². The molecule has 1 aliphatic heterocycles. The fourth-order valence-electron chi connectivity index (χ4n) is 4.54. The van der Waals surface area contributed by atoms with Gasteiger partial charge in [-0.25, -0.2) is 18.9 Å². The second-order valence-corrected chi connectivity index (χ2v) is 8.61. The van der Waals surface area contributed by atoms with Gasteiger partial charge in [0.25, 0.3) is 0 Å². The molecule has 28 heavy (non-hydrogen) atoms. The number of carbonyl (C=O) groups excluding carboxylic acids is 1. The molecule has 7 heteroatoms. The molecule has 2 atom stereocenters. The van der Waals surface area contributed by atoms with Gasteiger partial charge in [0.1, 0.15) is 12.4 Å². The van der Waals surface area contributed by atoms with E-state index in [1.54, 1.807) is 4.40 Å². The van der Waals surface area contributed by atoms with E-state index < -0.39 is 0 Å². The molecule has 0 radical (unpaired) electrons. The lowest BCUT2D eigenvalue weighted by Gasteiger charge is -2.34. The number of nitrogens with zero attached hydrogens (tertiary/aromatic N) is 5. The molecular weight excluding hydrogens is 354 g/mol. The summed E-state index contributed by atoms with van der Waals surface area (Å²) < 4.78 is 2.94. The maximum Gasteiger partial charge on any atom is 0.352 e. The van der Waals surface area contributed by atoms with Crippen molar-refractivity contribution in [3.8, 4) is 0 Å². The zero-order valence-electron chi connectivity index (χ0n) is 16.3. The molecule has 1 saturated heterocycles. The van der Waals surface area contributed by atoms with Gasteiger partial charge in [-0.1, -0.05) is 26.0 Å². The largest absolute Gasteiger partial charge is 0.352 e. The summed E-state index contributed by atoms with van der Waals surface area (Å²) in [5, 5.41) is 5.41. The van der Waals surface area contributed by atoms with Gasteiger partial charge < -0.3 is 4.90 Å². The Bertz CT molecular complexity index is 1120. The Morgan fingerprint density at radius 3 is 2.57 bits per heavy atom. The van der Waals surface area contributed by atoms with Crippen molar-refractivity contribution in [3.05, 3.63) is 40.6 Å². The molecule has 2 aromatic heterocycles. The van der Waals surface area contributed by atoms with Crippen LogP contribution in [0.4, 0.5) is 0 Å². The molecule has 1 aromatic carbocycles. The van der Waals surface area contributed by atoms with Crippen LogP contribution in [0.3, 0.4) is 0 Å². The monoisotopic (exact) mass is 379 g/mol. The predicted octanol–water partition coefficient (Wildman–Crippen LogP) is 2.43. The highest BCUT2D eigenvalue weighted by molar-refractivity contribution is 5.91. The van der Waals surface area contributed by atoms with Crippen LogP contribution >= 0.6 is 0 Å². The van der Waals surface area contributed by atoms with Crippen LogP contribution in [0.25, 0.3) is 16.6 Å². The Balaban J connectivity index is 1.56. The normalized spacial score (nSPS) is 22.9. The van der Waals surface area contributed by atoms with Crippen molar-refractivity contribution in [2.24, 2.45) is 11.8 Å². The molecular formula is C21H25N5O2. The molecule has 0 bridgehead atoms. The summed E-state index contributed by atoms with van der Waals surface area (Å²) in [6.45, 7) is 5.84. The van der Waals surface area contributed by atoms with Crippen LogP contribution in [-0.2, 0) is 11.3 Å². The average Bonchev–Trinajstić information content (AvgIpc) is 3.46. The highest BCUT2D eigenvalue weighted by Crippen LogP contribution is 2.39. The van der Waals surface area contributed by atoms with E-state index >= 15 is 0 Å². The van der Waals surface area contributed by atoms with Gasteiger partial charge >= 0.3 is 5.69 Å². The SMILES string of the molecule is CC1CC(C)CN(C(=O)Cn2nc3c4ccccc4nc(C4CC4)n3c2=O)C1. The van der Waals surface area contributed by atoms with E-state index in [2.05, 4.69) is 18.9 Å². The molecule has 5 rings (SSSR count). The van der Waals surface area contributed by atoms with Crippen molar-refractivity contribution in [2.45, 2.75) is 45.6 Å². The molecule has 2 aliphatic rings. The van der Waals surface area contributed by atoms with E-state index in [9.17, 15) is 9.59 Å². The van der Waals surface area contributed by atoms with Crippen molar-refractivity contribution in [1.82, 2.24) is 24.1 Å². The third kappa shape index (κ3) is 2.89. The first-order valence-electron chi connectivity index (χ1n) is 10.2. The smallest absolute Gasteiger partial charge is 0.341 e. The van der Waals surface area contributed by atoms with Crippen LogP contribution in [-0.4, -0.2) is 43.1 Å². The van der Waals surface area contributed by atoms with Crippen molar-refractivity contribution in [2.75, 3.05) is 13.1 Å². The first kappa shape index (κ1) is 17.4. The number of para-hydroxylation sites is 1. The number of rotatable bonds is 3. The lowest BCUT2D eigenvalue weighted by molar-refractivity contribution is -0.134. The number of benzene rings is 1. The number of piperidine rings is 1. The molecule has 7 nitrogen and oxygen atoms in total. The summed E-state index contributed by atoms with van der Waals surface area (Å²) >= 11 is 0. The molecule has 2 fully saturated rings. The van der Waals surface area contributed by atoms with Crippen LogP contribution in [0, 0.1) is 11.8 Å². The third-order valence-corrected chi connectivity index (χ3v) is 5.90. The third-order valence-electron chi connectivity index (χ3n) is 5.90. The van der Waals surface area contributed by atoms with Gasteiger partial charge in [-0.15, -0.1) is 5.10 Å². The Morgan fingerprint density at radius 1 is 1.14 bits per heavy atom. The minimum atomic E-state index is -0.262. The van der Waals surface area contributed by atoms with E-state index in [0.717, 1.165) is 49.1 Å². The van der Waals surface area contributed by atoms with Gasteiger partial charge in [-0.2, -0.15) is 0 Å². The van der Waals surface area contributed by atoms with Crippen molar-refractivity contribution in [3.63, 3.8) is 0 Å². The minimum absolute atomic E-state index is 0.0155. The number of fused-ring (bicyclic) bond motifs is 3. The summed E-state index contributed by atoms with van der Waals surface area (Å²) in [5.74, 6) is 2.02. The van der Waals surface area contributed by atoms with Crippen LogP contribution in [0.2, 0.25) is 0 Å². The predicted molar refractivity (Wildman–Crippen MR) is 106 cm³/mol. The zero-order valence-corrected chi connectivity index (χ0v) is 16.3. The molecule has 1 aliphatic carbocycles. The van der Waals surface area contributed by atoms with Crippen LogP contribution < -0.4 is 5.69 Å². The summed E-state index contributed by atoms with van der Waals surface area (Å²) in [7, 11) is 0. The summed E-state index contributed by atoms with van der Waals surface area (Å²) in [6, 6.07) is 7.75. The highest BCUT2D eigenvalue weighted by Gasteiger charge is 2.31. The number of amides is 1. The van der Waals surface area contributed by atoms with Gasteiger partial charge in [0.05, 0.1) is 5.52 Å². The fourth-order valence-corrected chi connectivity index (χ4v) is 4.54. The van der Waals surface area contributed by atoms with Crippen LogP contribution in [0.1, 0.15) is 44.9 Å². The zero-order chi connectivity index (χ0) is 19.4. The summed E-state index contributed by atoms with van der Waals surface area (Å²) in [4.78, 5) is 32.6. The molecule has 1 saturated carbocycles. The number of aromatic nitrogens is 4. The number of likely N-dealkylation sites (tertiary alicyclic amines) is 1. The van der Waals surface area contributed by atoms with E-state index in [0.29, 0.717) is 23.4 Å². The van der Waals surface area contributed by atoms with E-state index in [-0.39, 0.29) is 18.1 Å². The van der Waals surface area contributed by atoms with E-state index in [1.165, 1.54) is 4.68 Å². The summed E-state index contributed by atoms with van der Waals surface area (Å²) in [6.07, 6.45) is 3.22. The molecule has 146 valence electrons. The lowest BCUT2D eigenvalue weighted by atomic mass is 9.92. The Hall–Kier alpha value is -2.70. The van der Waals surface area contributed by atoms with Crippen molar-refractivity contribution in [1.29, 1.82) is 0 Å². The number of hydrogen-bond donors (Lipinski definition) is 0. The molecule has 2 unspecified atom stereocenters. The molecule has 3 aromatic rings. The van der Waals surface area contributed by atoms with Gasteiger partial charge in [0.2, 0.25) is 5.91 Å². The second-order valence-electron chi connectivity index (χ2n) is 8.61. The standard InChI is InChI=1S/C21H25N5O2/c1-13-9-14(2)11-24(10-13)18(27)12-25-21(28)26-19(15-7-8-15)22-17-6-4-3-5-16(17)20(26)23-25/h3-6,13-15H,7-12H2,1-2H3. The highest BCUT2D eigenvalue weighted by atomic mass is 16.2. The molecule has 1 amide bonds. The Labute approximate surface area is 163 Å². The maximum absolute atomic E-state index is 13.1. The Kier molecular flexibility index (Phi) is 4.00. The van der Waals surface area contributed by atoms with Gasteiger partial charge in [-0.3, -0.25) is 4.79 Å². The minimum Gasteiger partial charge on any atom is -0.341 e. The molecule has 3 heterocycles. The average molecular weight is 379 g/mol.